The average Bonchev–Trinajstić information content (AvgIpc) is 2.57. The van der Waals surface area contributed by atoms with Crippen molar-refractivity contribution in [2.75, 3.05) is 0 Å². The second-order valence-electron chi connectivity index (χ2n) is 2.24. The Balaban J connectivity index is 0.000000292. The molecule has 0 aliphatic carbocycles. The summed E-state index contributed by atoms with van der Waals surface area (Å²) in [4.78, 5) is 19.3. The molecule has 0 unspecified atom stereocenters. The summed E-state index contributed by atoms with van der Waals surface area (Å²) in [6.45, 7) is 1.47. The highest BCUT2D eigenvalue weighted by molar-refractivity contribution is 5.66. The number of aliphatic carboxylic acids is 2. The first kappa shape index (κ1) is 12.1. The Hall–Kier alpha value is -1.92. The second-order valence-corrected chi connectivity index (χ2v) is 2.24. The van der Waals surface area contributed by atoms with Gasteiger partial charge in [0.05, 0.1) is 6.20 Å². The molecular weight excluding hydrogens is 190 g/mol. The fourth-order valence-corrected chi connectivity index (χ4v) is 0.456. The van der Waals surface area contributed by atoms with Crippen molar-refractivity contribution in [1.29, 1.82) is 0 Å². The molecule has 2 N–H and O–H groups in total. The lowest BCUT2D eigenvalue weighted by atomic mass is 10.5. The molecule has 1 rings (SSSR count). The molecule has 1 heterocycles. The Morgan fingerprint density at radius 2 is 1.93 bits per heavy atom. The molecule has 7 heteroatoms. The molecule has 0 saturated carbocycles. The van der Waals surface area contributed by atoms with E-state index in [1.165, 1.54) is 17.1 Å². The maximum atomic E-state index is 9.98. The van der Waals surface area contributed by atoms with E-state index < -0.39 is 11.9 Å². The molecule has 0 amide bonds. The van der Waals surface area contributed by atoms with E-state index >= 15 is 0 Å². The van der Waals surface area contributed by atoms with Crippen molar-refractivity contribution in [2.45, 2.75) is 19.9 Å². The number of aromatic nitrogens is 3. The van der Waals surface area contributed by atoms with Gasteiger partial charge >= 0.3 is 11.9 Å². The maximum absolute atomic E-state index is 9.98. The van der Waals surface area contributed by atoms with Crippen molar-refractivity contribution < 1.29 is 19.8 Å². The minimum atomic E-state index is -0.916. The van der Waals surface area contributed by atoms with E-state index in [4.69, 9.17) is 10.2 Å². The van der Waals surface area contributed by atoms with Crippen LogP contribution in [-0.4, -0.2) is 37.1 Å². The van der Waals surface area contributed by atoms with Gasteiger partial charge in [-0.05, 0) is 0 Å². The van der Waals surface area contributed by atoms with Crippen LogP contribution in [0.3, 0.4) is 0 Å². The molecule has 14 heavy (non-hydrogen) atoms. The van der Waals surface area contributed by atoms with Gasteiger partial charge in [-0.15, -0.1) is 5.10 Å². The fraction of sp³-hybridized carbons (Fsp3) is 0.429. The monoisotopic (exact) mass is 201 g/mol. The summed E-state index contributed by atoms with van der Waals surface area (Å²) >= 11 is 0. The summed E-state index contributed by atoms with van der Waals surface area (Å²) in [6.07, 6.45) is 3.15. The number of rotatable bonds is 3. The molecule has 0 aromatic carbocycles. The van der Waals surface area contributed by atoms with Crippen LogP contribution >= 0.6 is 0 Å². The van der Waals surface area contributed by atoms with E-state index in [1.807, 2.05) is 0 Å². The summed E-state index contributed by atoms with van der Waals surface area (Å²) in [5.74, 6) is -1.66. The van der Waals surface area contributed by atoms with E-state index in [-0.39, 0.29) is 13.0 Å². The predicted molar refractivity (Wildman–Crippen MR) is 45.6 cm³/mol. The van der Waals surface area contributed by atoms with Gasteiger partial charge in [0.25, 0.3) is 0 Å². The highest BCUT2D eigenvalue weighted by atomic mass is 16.4. The number of carboxylic acid groups (broad SMARTS) is 2. The van der Waals surface area contributed by atoms with Crippen molar-refractivity contribution in [3.63, 3.8) is 0 Å². The predicted octanol–water partition coefficient (Wildman–Crippen LogP) is -0.156. The van der Waals surface area contributed by atoms with Crippen LogP contribution in [0.4, 0.5) is 0 Å². The zero-order chi connectivity index (χ0) is 11.0. The number of carboxylic acids is 2. The first-order chi connectivity index (χ1) is 6.56. The summed E-state index contributed by atoms with van der Waals surface area (Å²) < 4.78 is 1.24. The third-order valence-electron chi connectivity index (χ3n) is 1.07. The number of hydrogen-bond acceptors (Lipinski definition) is 4. The normalized spacial score (nSPS) is 8.64. The zero-order valence-corrected chi connectivity index (χ0v) is 7.62. The number of nitrogens with zero attached hydrogens (tertiary/aromatic N) is 3. The molecule has 1 aromatic heterocycles. The van der Waals surface area contributed by atoms with Crippen LogP contribution < -0.4 is 0 Å². The number of hydrogen-bond donors (Lipinski definition) is 2. The quantitative estimate of drug-likeness (QED) is 0.704. The van der Waals surface area contributed by atoms with Gasteiger partial charge in [-0.25, -0.2) is 4.68 Å². The van der Waals surface area contributed by atoms with Gasteiger partial charge in [0, 0.05) is 12.6 Å². The first-order valence-corrected chi connectivity index (χ1v) is 3.84. The largest absolute Gasteiger partial charge is 0.481 e. The van der Waals surface area contributed by atoms with Gasteiger partial charge < -0.3 is 10.2 Å². The molecule has 0 fully saturated rings. The molecule has 0 bridgehead atoms. The fourth-order valence-electron chi connectivity index (χ4n) is 0.456. The molecule has 0 radical (unpaired) electrons. The van der Waals surface area contributed by atoms with E-state index in [0.29, 0.717) is 0 Å². The average molecular weight is 201 g/mol. The Morgan fingerprint density at radius 3 is 2.21 bits per heavy atom. The lowest BCUT2D eigenvalue weighted by Gasteiger charge is -1.89. The Kier molecular flexibility index (Phi) is 5.68. The van der Waals surface area contributed by atoms with Crippen molar-refractivity contribution >= 4 is 11.9 Å². The highest BCUT2D eigenvalue weighted by Crippen LogP contribution is 1.78. The molecule has 0 saturated heterocycles. The molecular formula is C7H11N3O4. The van der Waals surface area contributed by atoms with E-state index in [2.05, 4.69) is 10.3 Å². The number of carbonyl (C=O) groups is 2. The minimum absolute atomic E-state index is 0.125. The molecule has 1 aromatic rings. The van der Waals surface area contributed by atoms with Gasteiger partial charge in [0.1, 0.15) is 6.54 Å². The van der Waals surface area contributed by atoms with E-state index in [9.17, 15) is 9.59 Å². The minimum Gasteiger partial charge on any atom is -0.481 e. The lowest BCUT2D eigenvalue weighted by molar-refractivity contribution is -0.138. The van der Waals surface area contributed by atoms with Crippen molar-refractivity contribution in [1.82, 2.24) is 15.0 Å². The van der Waals surface area contributed by atoms with Crippen LogP contribution in [-0.2, 0) is 16.1 Å². The SMILES string of the molecule is CCC(=O)O.O=C(O)Cn1ccnn1. The van der Waals surface area contributed by atoms with Gasteiger partial charge in [-0.3, -0.25) is 9.59 Å². The van der Waals surface area contributed by atoms with Crippen LogP contribution in [0, 0.1) is 0 Å². The molecule has 0 spiro atoms. The van der Waals surface area contributed by atoms with Gasteiger partial charge in [0.15, 0.2) is 0 Å². The maximum Gasteiger partial charge on any atom is 0.325 e. The summed E-state index contributed by atoms with van der Waals surface area (Å²) in [5, 5.41) is 22.8. The second kappa shape index (κ2) is 6.58. The zero-order valence-electron chi connectivity index (χ0n) is 7.62. The van der Waals surface area contributed by atoms with Crippen LogP contribution in [0.1, 0.15) is 13.3 Å². The standard InChI is InChI=1S/C4H5N3O2.C3H6O2/c8-4(9)3-7-2-1-5-6-7;1-2-3(4)5/h1-2H,3H2,(H,8,9);2H2,1H3,(H,4,5). The van der Waals surface area contributed by atoms with E-state index in [1.54, 1.807) is 6.92 Å². The van der Waals surface area contributed by atoms with Crippen LogP contribution in [0.15, 0.2) is 12.4 Å². The van der Waals surface area contributed by atoms with Gasteiger partial charge in [-0.2, -0.15) is 0 Å². The van der Waals surface area contributed by atoms with Crippen LogP contribution in [0.25, 0.3) is 0 Å². The first-order valence-electron chi connectivity index (χ1n) is 3.84. The summed E-state index contributed by atoms with van der Waals surface area (Å²) in [5.41, 5.74) is 0. The lowest BCUT2D eigenvalue weighted by Crippen LogP contribution is -2.08. The molecule has 0 aliphatic heterocycles. The smallest absolute Gasteiger partial charge is 0.325 e. The summed E-state index contributed by atoms with van der Waals surface area (Å²) in [6, 6.07) is 0. The van der Waals surface area contributed by atoms with Crippen LogP contribution in [0.5, 0.6) is 0 Å². The highest BCUT2D eigenvalue weighted by Gasteiger charge is 1.96. The molecule has 0 atom stereocenters. The molecule has 0 aliphatic rings. The summed E-state index contributed by atoms with van der Waals surface area (Å²) in [7, 11) is 0. The van der Waals surface area contributed by atoms with Crippen molar-refractivity contribution in [3.8, 4) is 0 Å². The topological polar surface area (TPSA) is 105 Å². The van der Waals surface area contributed by atoms with Crippen LogP contribution in [0.2, 0.25) is 0 Å². The van der Waals surface area contributed by atoms with Gasteiger partial charge in [0.2, 0.25) is 0 Å². The van der Waals surface area contributed by atoms with E-state index in [0.717, 1.165) is 0 Å². The Bertz CT molecular complexity index is 283. The van der Waals surface area contributed by atoms with Crippen molar-refractivity contribution in [3.05, 3.63) is 12.4 Å². The van der Waals surface area contributed by atoms with Crippen molar-refractivity contribution in [2.24, 2.45) is 0 Å². The molecule has 78 valence electrons. The third kappa shape index (κ3) is 6.77. The molecule has 7 nitrogen and oxygen atoms in total. The van der Waals surface area contributed by atoms with Gasteiger partial charge in [-0.1, -0.05) is 12.1 Å². The third-order valence-corrected chi connectivity index (χ3v) is 1.07. The Labute approximate surface area is 80.0 Å². The Morgan fingerprint density at radius 1 is 1.36 bits per heavy atom.